The summed E-state index contributed by atoms with van der Waals surface area (Å²) in [5.74, 6) is 2.02. The molecule has 1 N–H and O–H groups in total. The Balaban J connectivity index is 1.44. The number of nitrogens with one attached hydrogen (secondary N) is 1. The van der Waals surface area contributed by atoms with Gasteiger partial charge in [-0.15, -0.1) is 0 Å². The number of benzene rings is 2. The first kappa shape index (κ1) is 21.6. The third-order valence-corrected chi connectivity index (χ3v) is 5.71. The summed E-state index contributed by atoms with van der Waals surface area (Å²) in [7, 11) is 0. The lowest BCUT2D eigenvalue weighted by Gasteiger charge is -2.13. The summed E-state index contributed by atoms with van der Waals surface area (Å²) in [5.41, 5.74) is 3.77. The second-order valence-corrected chi connectivity index (χ2v) is 7.82. The van der Waals surface area contributed by atoms with Crippen molar-refractivity contribution in [2.24, 2.45) is 0 Å². The van der Waals surface area contributed by atoms with E-state index >= 15 is 0 Å². The molecule has 1 unspecified atom stereocenters. The monoisotopic (exact) mass is 428 g/mol. The van der Waals surface area contributed by atoms with Crippen molar-refractivity contribution < 1.29 is 9.53 Å². The highest BCUT2D eigenvalue weighted by atomic mass is 16.5. The summed E-state index contributed by atoms with van der Waals surface area (Å²) >= 11 is 0. The van der Waals surface area contributed by atoms with E-state index in [9.17, 15) is 4.79 Å². The van der Waals surface area contributed by atoms with E-state index in [0.717, 1.165) is 29.0 Å². The van der Waals surface area contributed by atoms with Crippen molar-refractivity contribution in [3.05, 3.63) is 90.0 Å². The molecule has 4 rings (SSSR count). The molecular formula is C26H28N4O2. The molecule has 0 spiro atoms. The summed E-state index contributed by atoms with van der Waals surface area (Å²) in [6.07, 6.45) is 4.32. The molecule has 32 heavy (non-hydrogen) atoms. The Hall–Kier alpha value is -3.67. The number of amides is 1. The van der Waals surface area contributed by atoms with Crippen LogP contribution >= 0.6 is 0 Å². The number of fused-ring (bicyclic) bond motifs is 1. The lowest BCUT2D eigenvalue weighted by molar-refractivity contribution is 0.0949. The predicted octanol–water partition coefficient (Wildman–Crippen LogP) is 4.95. The number of aromatic nitrogens is 3. The molecule has 2 heterocycles. The Morgan fingerprint density at radius 1 is 1.09 bits per heavy atom. The van der Waals surface area contributed by atoms with E-state index in [-0.39, 0.29) is 5.91 Å². The highest BCUT2D eigenvalue weighted by molar-refractivity contribution is 5.93. The van der Waals surface area contributed by atoms with Crippen LogP contribution in [0.4, 0.5) is 0 Å². The molecule has 1 atom stereocenters. The maximum atomic E-state index is 12.4. The first-order valence-corrected chi connectivity index (χ1v) is 11.0. The minimum absolute atomic E-state index is 0.172. The second kappa shape index (κ2) is 10.1. The lowest BCUT2D eigenvalue weighted by Crippen LogP contribution is -2.25. The normalized spacial score (nSPS) is 11.9. The Bertz CT molecular complexity index is 1170. The third-order valence-electron chi connectivity index (χ3n) is 5.71. The molecule has 6 heteroatoms. The van der Waals surface area contributed by atoms with Gasteiger partial charge in [0.05, 0.1) is 29.7 Å². The maximum Gasteiger partial charge on any atom is 0.253 e. The molecular weight excluding hydrogens is 400 g/mol. The van der Waals surface area contributed by atoms with Crippen LogP contribution < -0.4 is 10.1 Å². The standard InChI is InChI=1S/C26H28N4O2/c1-3-19(2)20-10-12-22(13-11-20)32-16-15-30-24-9-5-4-8-23(24)29-25(30)18-28-26(31)21-7-6-14-27-17-21/h4-14,17,19H,3,15-16,18H2,1-2H3,(H,28,31). The molecule has 2 aromatic heterocycles. The van der Waals surface area contributed by atoms with E-state index in [1.165, 1.54) is 5.56 Å². The number of pyridine rings is 1. The molecule has 0 aliphatic rings. The number of carbonyl (C=O) groups is 1. The van der Waals surface area contributed by atoms with Gasteiger partial charge >= 0.3 is 0 Å². The largest absolute Gasteiger partial charge is 0.492 e. The molecule has 6 nitrogen and oxygen atoms in total. The highest BCUT2D eigenvalue weighted by Gasteiger charge is 2.13. The molecule has 0 radical (unpaired) electrons. The summed E-state index contributed by atoms with van der Waals surface area (Å²) in [4.78, 5) is 21.2. The van der Waals surface area contributed by atoms with Gasteiger partial charge < -0.3 is 14.6 Å². The number of nitrogens with zero attached hydrogens (tertiary/aromatic N) is 3. The SMILES string of the molecule is CCC(C)c1ccc(OCCn2c(CNC(=O)c3cccnc3)nc3ccccc32)cc1. The van der Waals surface area contributed by atoms with E-state index in [2.05, 4.69) is 40.8 Å². The number of para-hydroxylation sites is 2. The smallest absolute Gasteiger partial charge is 0.253 e. The van der Waals surface area contributed by atoms with E-state index in [4.69, 9.17) is 9.72 Å². The van der Waals surface area contributed by atoms with Crippen LogP contribution in [0, 0.1) is 0 Å². The third kappa shape index (κ3) is 4.97. The van der Waals surface area contributed by atoms with Crippen LogP contribution in [0.25, 0.3) is 11.0 Å². The van der Waals surface area contributed by atoms with Crippen LogP contribution in [0.5, 0.6) is 5.75 Å². The fourth-order valence-corrected chi connectivity index (χ4v) is 3.65. The van der Waals surface area contributed by atoms with Crippen LogP contribution in [0.1, 0.15) is 47.9 Å². The molecule has 164 valence electrons. The maximum absolute atomic E-state index is 12.4. The second-order valence-electron chi connectivity index (χ2n) is 7.82. The minimum atomic E-state index is -0.172. The van der Waals surface area contributed by atoms with E-state index < -0.39 is 0 Å². The van der Waals surface area contributed by atoms with Crippen LogP contribution in [0.3, 0.4) is 0 Å². The zero-order valence-electron chi connectivity index (χ0n) is 18.5. The van der Waals surface area contributed by atoms with Crippen molar-refractivity contribution in [2.75, 3.05) is 6.61 Å². The van der Waals surface area contributed by atoms with Gasteiger partial charge in [0, 0.05) is 12.4 Å². The van der Waals surface area contributed by atoms with Gasteiger partial charge in [-0.25, -0.2) is 4.98 Å². The topological polar surface area (TPSA) is 69.0 Å². The first-order valence-electron chi connectivity index (χ1n) is 11.0. The Kier molecular flexibility index (Phi) is 6.80. The molecule has 1 amide bonds. The molecule has 0 aliphatic heterocycles. The molecule has 0 fully saturated rings. The summed E-state index contributed by atoms with van der Waals surface area (Å²) < 4.78 is 8.11. The first-order chi connectivity index (χ1) is 15.7. The molecule has 0 saturated carbocycles. The highest BCUT2D eigenvalue weighted by Crippen LogP contribution is 2.22. The van der Waals surface area contributed by atoms with E-state index in [1.54, 1.807) is 24.5 Å². The Labute approximate surface area is 188 Å². The van der Waals surface area contributed by atoms with Crippen LogP contribution in [0.15, 0.2) is 73.1 Å². The van der Waals surface area contributed by atoms with Crippen LogP contribution in [0.2, 0.25) is 0 Å². The molecule has 0 bridgehead atoms. The summed E-state index contributed by atoms with van der Waals surface area (Å²) in [6, 6.07) is 19.8. The number of rotatable bonds is 9. The average Bonchev–Trinajstić information content (AvgIpc) is 3.20. The number of hydrogen-bond donors (Lipinski definition) is 1. The van der Waals surface area contributed by atoms with Crippen molar-refractivity contribution in [3.63, 3.8) is 0 Å². The van der Waals surface area contributed by atoms with E-state index in [1.807, 2.05) is 36.4 Å². The Morgan fingerprint density at radius 2 is 1.91 bits per heavy atom. The quantitative estimate of drug-likeness (QED) is 0.409. The Morgan fingerprint density at radius 3 is 2.66 bits per heavy atom. The van der Waals surface area contributed by atoms with Gasteiger partial charge in [0.1, 0.15) is 18.2 Å². The molecule has 2 aromatic carbocycles. The van der Waals surface area contributed by atoms with E-state index in [0.29, 0.717) is 31.2 Å². The van der Waals surface area contributed by atoms with Gasteiger partial charge in [-0.1, -0.05) is 38.1 Å². The summed E-state index contributed by atoms with van der Waals surface area (Å²) in [5, 5.41) is 2.94. The van der Waals surface area contributed by atoms with Gasteiger partial charge in [-0.05, 0) is 54.3 Å². The minimum Gasteiger partial charge on any atom is -0.492 e. The zero-order chi connectivity index (χ0) is 22.3. The van der Waals surface area contributed by atoms with Crippen molar-refractivity contribution in [3.8, 4) is 5.75 Å². The molecule has 4 aromatic rings. The number of hydrogen-bond acceptors (Lipinski definition) is 4. The van der Waals surface area contributed by atoms with Crippen molar-refractivity contribution in [2.45, 2.75) is 39.3 Å². The number of carbonyl (C=O) groups excluding carboxylic acids is 1. The van der Waals surface area contributed by atoms with Crippen molar-refractivity contribution in [1.29, 1.82) is 0 Å². The van der Waals surface area contributed by atoms with Gasteiger partial charge in [0.15, 0.2) is 0 Å². The van der Waals surface area contributed by atoms with Crippen molar-refractivity contribution >= 4 is 16.9 Å². The molecule has 0 aliphatic carbocycles. The average molecular weight is 429 g/mol. The van der Waals surface area contributed by atoms with Gasteiger partial charge in [-0.2, -0.15) is 0 Å². The van der Waals surface area contributed by atoms with Gasteiger partial charge in [0.25, 0.3) is 5.91 Å². The molecule has 0 saturated heterocycles. The van der Waals surface area contributed by atoms with Crippen molar-refractivity contribution in [1.82, 2.24) is 19.9 Å². The van der Waals surface area contributed by atoms with Gasteiger partial charge in [-0.3, -0.25) is 9.78 Å². The van der Waals surface area contributed by atoms with Gasteiger partial charge in [0.2, 0.25) is 0 Å². The summed E-state index contributed by atoms with van der Waals surface area (Å²) in [6.45, 7) is 5.89. The lowest BCUT2D eigenvalue weighted by atomic mass is 9.99. The number of imidazole rings is 1. The fraction of sp³-hybridized carbons (Fsp3) is 0.269. The predicted molar refractivity (Wildman–Crippen MR) is 126 cm³/mol. The van der Waals surface area contributed by atoms with Crippen LogP contribution in [-0.2, 0) is 13.1 Å². The fourth-order valence-electron chi connectivity index (χ4n) is 3.65. The zero-order valence-corrected chi connectivity index (χ0v) is 18.5. The van der Waals surface area contributed by atoms with Crippen LogP contribution in [-0.4, -0.2) is 27.0 Å². The number of ether oxygens (including phenoxy) is 1.